The zero-order chi connectivity index (χ0) is 15.7. The van der Waals surface area contributed by atoms with E-state index in [1.807, 2.05) is 6.07 Å². The molecule has 3 aromatic rings. The number of fused-ring (bicyclic) bond motifs is 1. The standard InChI is InChI=1S/C14H16N4O4/c19-9(11(21)13-15-5-6-16-13)10(20)12(22)14-17-7-3-1-2-4-8(7)18-14/h1-6,9-12,19-22H,(H,15,16)(H,17,18)/t9-,10+,11+,12+/m0/s1. The van der Waals surface area contributed by atoms with Crippen LogP contribution in [0.3, 0.4) is 0 Å². The molecule has 3 rings (SSSR count). The highest BCUT2D eigenvalue weighted by Crippen LogP contribution is 2.24. The van der Waals surface area contributed by atoms with Crippen molar-refractivity contribution in [3.63, 3.8) is 0 Å². The van der Waals surface area contributed by atoms with Crippen LogP contribution < -0.4 is 0 Å². The summed E-state index contributed by atoms with van der Waals surface area (Å²) >= 11 is 0. The molecular weight excluding hydrogens is 288 g/mol. The molecule has 0 aliphatic rings. The number of nitrogens with one attached hydrogen (secondary N) is 2. The number of aliphatic hydroxyl groups is 4. The number of benzene rings is 1. The number of para-hydroxylation sites is 2. The summed E-state index contributed by atoms with van der Waals surface area (Å²) in [5, 5.41) is 40.2. The Hall–Kier alpha value is -2.26. The molecule has 116 valence electrons. The molecule has 0 amide bonds. The van der Waals surface area contributed by atoms with Crippen molar-refractivity contribution in [2.24, 2.45) is 0 Å². The fourth-order valence-electron chi connectivity index (χ4n) is 2.25. The quantitative estimate of drug-likeness (QED) is 0.385. The Morgan fingerprint density at radius 3 is 2.23 bits per heavy atom. The lowest BCUT2D eigenvalue weighted by atomic mass is 10.0. The van der Waals surface area contributed by atoms with Crippen LogP contribution in [0.25, 0.3) is 11.0 Å². The summed E-state index contributed by atoms with van der Waals surface area (Å²) in [6.45, 7) is 0. The first-order valence-corrected chi connectivity index (χ1v) is 6.74. The summed E-state index contributed by atoms with van der Waals surface area (Å²) < 4.78 is 0. The zero-order valence-corrected chi connectivity index (χ0v) is 11.5. The van der Waals surface area contributed by atoms with Gasteiger partial charge in [0.05, 0.1) is 11.0 Å². The van der Waals surface area contributed by atoms with E-state index in [9.17, 15) is 20.4 Å². The molecule has 8 nitrogen and oxygen atoms in total. The van der Waals surface area contributed by atoms with Crippen LogP contribution in [0.1, 0.15) is 23.9 Å². The Kier molecular flexibility index (Phi) is 3.90. The van der Waals surface area contributed by atoms with Gasteiger partial charge in [0, 0.05) is 12.4 Å². The van der Waals surface area contributed by atoms with E-state index in [2.05, 4.69) is 19.9 Å². The topological polar surface area (TPSA) is 138 Å². The van der Waals surface area contributed by atoms with E-state index < -0.39 is 24.4 Å². The number of aromatic nitrogens is 4. The Bertz CT molecular complexity index is 709. The van der Waals surface area contributed by atoms with Gasteiger partial charge in [0.1, 0.15) is 36.1 Å². The molecule has 0 aliphatic carbocycles. The van der Waals surface area contributed by atoms with Gasteiger partial charge in [0.2, 0.25) is 0 Å². The Morgan fingerprint density at radius 1 is 0.909 bits per heavy atom. The van der Waals surface area contributed by atoms with E-state index in [1.165, 1.54) is 12.4 Å². The van der Waals surface area contributed by atoms with E-state index in [0.717, 1.165) is 0 Å². The molecule has 2 aromatic heterocycles. The number of rotatable bonds is 5. The lowest BCUT2D eigenvalue weighted by Gasteiger charge is -2.24. The lowest BCUT2D eigenvalue weighted by Crippen LogP contribution is -2.37. The van der Waals surface area contributed by atoms with E-state index in [-0.39, 0.29) is 11.6 Å². The van der Waals surface area contributed by atoms with Crippen molar-refractivity contribution in [3.8, 4) is 0 Å². The highest BCUT2D eigenvalue weighted by atomic mass is 16.4. The molecule has 0 saturated carbocycles. The third-order valence-electron chi connectivity index (χ3n) is 3.48. The highest BCUT2D eigenvalue weighted by molar-refractivity contribution is 5.74. The molecular formula is C14H16N4O4. The molecule has 0 aliphatic heterocycles. The van der Waals surface area contributed by atoms with Crippen LogP contribution in [0.15, 0.2) is 36.7 Å². The van der Waals surface area contributed by atoms with E-state index in [1.54, 1.807) is 18.2 Å². The molecule has 6 N–H and O–H groups in total. The molecule has 0 saturated heterocycles. The molecule has 0 bridgehead atoms. The van der Waals surface area contributed by atoms with E-state index >= 15 is 0 Å². The summed E-state index contributed by atoms with van der Waals surface area (Å²) in [4.78, 5) is 13.5. The summed E-state index contributed by atoms with van der Waals surface area (Å²) in [5.41, 5.74) is 1.33. The monoisotopic (exact) mass is 304 g/mol. The molecule has 0 radical (unpaired) electrons. The van der Waals surface area contributed by atoms with Crippen LogP contribution in [-0.4, -0.2) is 52.6 Å². The second-order valence-electron chi connectivity index (χ2n) is 4.98. The number of H-pyrrole nitrogens is 2. The number of hydrogen-bond donors (Lipinski definition) is 6. The van der Waals surface area contributed by atoms with Gasteiger partial charge in [-0.3, -0.25) is 0 Å². The zero-order valence-electron chi connectivity index (χ0n) is 11.5. The van der Waals surface area contributed by atoms with Gasteiger partial charge < -0.3 is 30.4 Å². The Balaban J connectivity index is 1.79. The van der Waals surface area contributed by atoms with Gasteiger partial charge in [-0.15, -0.1) is 0 Å². The van der Waals surface area contributed by atoms with E-state index in [0.29, 0.717) is 11.0 Å². The second-order valence-corrected chi connectivity index (χ2v) is 4.98. The highest BCUT2D eigenvalue weighted by Gasteiger charge is 2.34. The molecule has 0 spiro atoms. The van der Waals surface area contributed by atoms with Crippen LogP contribution >= 0.6 is 0 Å². The van der Waals surface area contributed by atoms with Crippen LogP contribution in [0.2, 0.25) is 0 Å². The summed E-state index contributed by atoms with van der Waals surface area (Å²) in [7, 11) is 0. The predicted octanol–water partition coefficient (Wildman–Crippen LogP) is -0.225. The molecule has 22 heavy (non-hydrogen) atoms. The van der Waals surface area contributed by atoms with Crippen molar-refractivity contribution in [3.05, 3.63) is 48.3 Å². The maximum absolute atomic E-state index is 10.2. The average Bonchev–Trinajstić information content (AvgIpc) is 3.20. The summed E-state index contributed by atoms with van der Waals surface area (Å²) in [6.07, 6.45) is -3.31. The van der Waals surface area contributed by atoms with Gasteiger partial charge in [0.15, 0.2) is 0 Å². The van der Waals surface area contributed by atoms with Gasteiger partial charge >= 0.3 is 0 Å². The molecule has 0 fully saturated rings. The minimum absolute atomic E-state index is 0.100. The molecule has 4 atom stereocenters. The SMILES string of the molecule is O[C@H]([C@H](O)[C@@H](O)c1ncc[nH]1)[C@@H](O)c1nc2ccccc2[nH]1. The number of aromatic amines is 2. The number of imidazole rings is 2. The normalized spacial score (nSPS) is 17.3. The van der Waals surface area contributed by atoms with Crippen molar-refractivity contribution in [2.45, 2.75) is 24.4 Å². The third kappa shape index (κ3) is 2.60. The van der Waals surface area contributed by atoms with Crippen molar-refractivity contribution in [1.29, 1.82) is 0 Å². The molecule has 0 unspecified atom stereocenters. The minimum atomic E-state index is -1.64. The van der Waals surface area contributed by atoms with Crippen molar-refractivity contribution >= 4 is 11.0 Å². The lowest BCUT2D eigenvalue weighted by molar-refractivity contribution is -0.111. The largest absolute Gasteiger partial charge is 0.387 e. The van der Waals surface area contributed by atoms with Crippen molar-refractivity contribution < 1.29 is 20.4 Å². The number of nitrogens with zero attached hydrogens (tertiary/aromatic N) is 2. The first-order valence-electron chi connectivity index (χ1n) is 6.74. The van der Waals surface area contributed by atoms with Gasteiger partial charge in [-0.1, -0.05) is 12.1 Å². The summed E-state index contributed by atoms with van der Waals surface area (Å²) in [6, 6.07) is 7.13. The first-order chi connectivity index (χ1) is 10.6. The Labute approximate surface area is 125 Å². The van der Waals surface area contributed by atoms with Gasteiger partial charge in [-0.05, 0) is 12.1 Å². The van der Waals surface area contributed by atoms with Gasteiger partial charge in [0.25, 0.3) is 0 Å². The van der Waals surface area contributed by atoms with Crippen LogP contribution in [0, 0.1) is 0 Å². The maximum atomic E-state index is 10.2. The third-order valence-corrected chi connectivity index (χ3v) is 3.48. The van der Waals surface area contributed by atoms with Crippen molar-refractivity contribution in [1.82, 2.24) is 19.9 Å². The van der Waals surface area contributed by atoms with Gasteiger partial charge in [-0.2, -0.15) is 0 Å². The second kappa shape index (κ2) is 5.85. The van der Waals surface area contributed by atoms with Crippen LogP contribution in [0.5, 0.6) is 0 Å². The smallest absolute Gasteiger partial charge is 0.140 e. The van der Waals surface area contributed by atoms with Gasteiger partial charge in [-0.25, -0.2) is 9.97 Å². The average molecular weight is 304 g/mol. The first kappa shape index (κ1) is 14.7. The molecule has 8 heteroatoms. The fraction of sp³-hybridized carbons (Fsp3) is 0.286. The van der Waals surface area contributed by atoms with Crippen LogP contribution in [0.4, 0.5) is 0 Å². The molecule has 1 aromatic carbocycles. The van der Waals surface area contributed by atoms with Crippen molar-refractivity contribution in [2.75, 3.05) is 0 Å². The fourth-order valence-corrected chi connectivity index (χ4v) is 2.25. The van der Waals surface area contributed by atoms with E-state index in [4.69, 9.17) is 0 Å². The minimum Gasteiger partial charge on any atom is -0.387 e. The predicted molar refractivity (Wildman–Crippen MR) is 76.6 cm³/mol. The Morgan fingerprint density at radius 2 is 1.59 bits per heavy atom. The van der Waals surface area contributed by atoms with Crippen LogP contribution in [-0.2, 0) is 0 Å². The summed E-state index contributed by atoms with van der Waals surface area (Å²) in [5.74, 6) is 0.211. The maximum Gasteiger partial charge on any atom is 0.140 e. The molecule has 2 heterocycles. The number of aliphatic hydroxyl groups excluding tert-OH is 4. The number of hydrogen-bond acceptors (Lipinski definition) is 6.